The third-order valence-corrected chi connectivity index (χ3v) is 2.10. The van der Waals surface area contributed by atoms with E-state index in [4.69, 9.17) is 0 Å². The molecule has 0 aliphatic heterocycles. The third kappa shape index (κ3) is 4.44. The molecule has 3 heteroatoms. The Kier molecular flexibility index (Phi) is 5.33. The van der Waals surface area contributed by atoms with E-state index in [1.165, 1.54) is 5.56 Å². The van der Waals surface area contributed by atoms with E-state index in [1.807, 2.05) is 24.5 Å². The number of hydrogen-bond donors (Lipinski definition) is 1. The molecule has 0 atom stereocenters. The maximum Gasteiger partial charge on any atom is 0.0271 e. The minimum absolute atomic E-state index is 0.809. The molecular weight excluding hydrogens is 192 g/mol. The van der Waals surface area contributed by atoms with Gasteiger partial charge in [0.05, 0.1) is 0 Å². The van der Waals surface area contributed by atoms with Crippen LogP contribution in [0.2, 0.25) is 0 Å². The number of rotatable bonds is 5. The van der Waals surface area contributed by atoms with Crippen LogP contribution in [0, 0.1) is 0 Å². The van der Waals surface area contributed by atoms with Crippen LogP contribution in [0.4, 0.5) is 0 Å². The van der Waals surface area contributed by atoms with Gasteiger partial charge in [0.25, 0.3) is 0 Å². The van der Waals surface area contributed by atoms with Crippen molar-refractivity contribution in [2.75, 3.05) is 19.3 Å². The first-order valence-corrected chi connectivity index (χ1v) is 5.29. The van der Waals surface area contributed by atoms with E-state index in [0.29, 0.717) is 0 Å². The molecule has 0 saturated heterocycles. The fourth-order valence-corrected chi connectivity index (χ4v) is 1.34. The molecule has 0 amide bonds. The highest BCUT2D eigenvalue weighted by Crippen LogP contribution is 2.00. The second-order valence-corrected chi connectivity index (χ2v) is 3.57. The fourth-order valence-electron chi connectivity index (χ4n) is 1.19. The predicted molar refractivity (Wildman–Crippen MR) is 63.6 cm³/mol. The number of thiol groups is 1. The van der Waals surface area contributed by atoms with Crippen molar-refractivity contribution in [1.29, 1.82) is 0 Å². The molecule has 1 aromatic heterocycles. The maximum atomic E-state index is 4.11. The van der Waals surface area contributed by atoms with E-state index in [1.54, 1.807) is 0 Å². The average Bonchev–Trinajstić information content (AvgIpc) is 2.20. The molecule has 0 aliphatic rings. The van der Waals surface area contributed by atoms with Gasteiger partial charge in [0.1, 0.15) is 0 Å². The summed E-state index contributed by atoms with van der Waals surface area (Å²) in [6.07, 6.45) is 7.85. The Bertz CT molecular complexity index is 272. The maximum absolute atomic E-state index is 4.11. The first kappa shape index (κ1) is 11.3. The molecule has 14 heavy (non-hydrogen) atoms. The molecule has 0 aliphatic carbocycles. The summed E-state index contributed by atoms with van der Waals surface area (Å²) in [4.78, 5) is 6.23. The zero-order valence-electron chi connectivity index (χ0n) is 8.43. The van der Waals surface area contributed by atoms with Crippen LogP contribution in [-0.2, 0) is 6.54 Å². The molecule has 0 spiro atoms. The van der Waals surface area contributed by atoms with Crippen LogP contribution in [-0.4, -0.2) is 29.2 Å². The molecule has 1 heterocycles. The van der Waals surface area contributed by atoms with Crippen LogP contribution in [0.1, 0.15) is 5.56 Å². The summed E-state index contributed by atoms with van der Waals surface area (Å²) in [5.41, 5.74) is 1.29. The lowest BCUT2D eigenvalue weighted by molar-refractivity contribution is 0.363. The number of pyridine rings is 1. The zero-order chi connectivity index (χ0) is 10.2. The lowest BCUT2D eigenvalue weighted by Crippen LogP contribution is -2.17. The molecule has 0 aromatic carbocycles. The largest absolute Gasteiger partial charge is 0.298 e. The van der Waals surface area contributed by atoms with Gasteiger partial charge in [-0.15, -0.1) is 0 Å². The number of hydrogen-bond acceptors (Lipinski definition) is 3. The Morgan fingerprint density at radius 3 is 2.71 bits per heavy atom. The Balaban J connectivity index is 2.34. The molecule has 76 valence electrons. The number of likely N-dealkylation sites (N-methyl/N-ethyl adjacent to an activating group) is 1. The molecule has 0 fully saturated rings. The minimum Gasteiger partial charge on any atom is -0.298 e. The van der Waals surface area contributed by atoms with Gasteiger partial charge < -0.3 is 0 Å². The lowest BCUT2D eigenvalue weighted by atomic mass is 10.2. The second kappa shape index (κ2) is 6.62. The molecule has 0 N–H and O–H groups in total. The second-order valence-electron chi connectivity index (χ2n) is 3.21. The van der Waals surface area contributed by atoms with Gasteiger partial charge in [-0.25, -0.2) is 0 Å². The summed E-state index contributed by atoms with van der Waals surface area (Å²) in [7, 11) is 2.10. The highest BCUT2D eigenvalue weighted by molar-refractivity contribution is 7.80. The van der Waals surface area contributed by atoms with Gasteiger partial charge >= 0.3 is 0 Å². The summed E-state index contributed by atoms with van der Waals surface area (Å²) in [5.74, 6) is 0.809. The summed E-state index contributed by atoms with van der Waals surface area (Å²) >= 11 is 4.11. The first-order valence-electron chi connectivity index (χ1n) is 4.66. The summed E-state index contributed by atoms with van der Waals surface area (Å²) in [6.45, 7) is 1.92. The number of aromatic nitrogens is 1. The van der Waals surface area contributed by atoms with E-state index >= 15 is 0 Å². The monoisotopic (exact) mass is 208 g/mol. The van der Waals surface area contributed by atoms with Crippen molar-refractivity contribution in [1.82, 2.24) is 9.88 Å². The van der Waals surface area contributed by atoms with Gasteiger partial charge in [-0.3, -0.25) is 9.88 Å². The van der Waals surface area contributed by atoms with Crippen LogP contribution in [0.5, 0.6) is 0 Å². The van der Waals surface area contributed by atoms with E-state index in [2.05, 4.69) is 41.7 Å². The summed E-state index contributed by atoms with van der Waals surface area (Å²) < 4.78 is 0. The van der Waals surface area contributed by atoms with Crippen molar-refractivity contribution in [3.63, 3.8) is 0 Å². The lowest BCUT2D eigenvalue weighted by Gasteiger charge is -2.13. The van der Waals surface area contributed by atoms with Gasteiger partial charge in [0.2, 0.25) is 0 Å². The van der Waals surface area contributed by atoms with E-state index < -0.39 is 0 Å². The van der Waals surface area contributed by atoms with Crippen molar-refractivity contribution in [3.8, 4) is 0 Å². The molecule has 0 bridgehead atoms. The van der Waals surface area contributed by atoms with Gasteiger partial charge in [-0.05, 0) is 24.7 Å². The normalized spacial score (nSPS) is 11.4. The van der Waals surface area contributed by atoms with Gasteiger partial charge in [-0.2, -0.15) is 12.6 Å². The van der Waals surface area contributed by atoms with E-state index in [9.17, 15) is 0 Å². The Morgan fingerprint density at radius 1 is 1.36 bits per heavy atom. The Hall–Kier alpha value is -0.800. The third-order valence-electron chi connectivity index (χ3n) is 1.89. The number of nitrogens with zero attached hydrogens (tertiary/aromatic N) is 2. The van der Waals surface area contributed by atoms with Gasteiger partial charge in [0, 0.05) is 31.2 Å². The summed E-state index contributed by atoms with van der Waals surface area (Å²) in [6, 6.07) is 4.08. The molecule has 0 radical (unpaired) electrons. The van der Waals surface area contributed by atoms with Crippen molar-refractivity contribution in [2.24, 2.45) is 0 Å². The smallest absolute Gasteiger partial charge is 0.0271 e. The van der Waals surface area contributed by atoms with Gasteiger partial charge in [0.15, 0.2) is 0 Å². The van der Waals surface area contributed by atoms with E-state index in [0.717, 1.165) is 18.8 Å². The van der Waals surface area contributed by atoms with Crippen LogP contribution >= 0.6 is 12.6 Å². The Morgan fingerprint density at radius 2 is 2.07 bits per heavy atom. The first-order chi connectivity index (χ1) is 6.83. The van der Waals surface area contributed by atoms with Crippen molar-refractivity contribution < 1.29 is 0 Å². The highest BCUT2D eigenvalue weighted by atomic mass is 32.1. The minimum atomic E-state index is 0.809. The summed E-state index contributed by atoms with van der Waals surface area (Å²) in [5, 5.41) is 0. The Labute approximate surface area is 91.1 Å². The quantitative estimate of drug-likeness (QED) is 0.588. The molecule has 1 aromatic rings. The van der Waals surface area contributed by atoms with Crippen LogP contribution in [0.15, 0.2) is 36.7 Å². The zero-order valence-corrected chi connectivity index (χ0v) is 9.32. The van der Waals surface area contributed by atoms with Crippen molar-refractivity contribution in [2.45, 2.75) is 6.54 Å². The fraction of sp³-hybridized carbons (Fsp3) is 0.364. The van der Waals surface area contributed by atoms with Gasteiger partial charge in [-0.1, -0.05) is 12.2 Å². The van der Waals surface area contributed by atoms with Crippen LogP contribution in [0.3, 0.4) is 0 Å². The van der Waals surface area contributed by atoms with Crippen molar-refractivity contribution in [3.05, 3.63) is 42.2 Å². The van der Waals surface area contributed by atoms with Crippen LogP contribution in [0.25, 0.3) is 0 Å². The predicted octanol–water partition coefficient (Wildman–Crippen LogP) is 2.00. The average molecular weight is 208 g/mol. The highest BCUT2D eigenvalue weighted by Gasteiger charge is 1.96. The van der Waals surface area contributed by atoms with Crippen LogP contribution < -0.4 is 0 Å². The SMILES string of the molecule is CN(CC=CCS)Cc1ccncc1. The van der Waals surface area contributed by atoms with E-state index in [-0.39, 0.29) is 0 Å². The standard InChI is InChI=1S/C11H16N2S/c1-13(8-2-3-9-14)10-11-4-6-12-7-5-11/h2-7,14H,8-10H2,1H3. The molecule has 2 nitrogen and oxygen atoms in total. The topological polar surface area (TPSA) is 16.1 Å². The molecular formula is C11H16N2S. The van der Waals surface area contributed by atoms with Crippen molar-refractivity contribution >= 4 is 12.6 Å². The molecule has 1 rings (SSSR count). The molecule has 0 saturated carbocycles. The molecule has 0 unspecified atom stereocenters.